The van der Waals surface area contributed by atoms with E-state index in [4.69, 9.17) is 16.3 Å². The third kappa shape index (κ3) is 3.32. The van der Waals surface area contributed by atoms with Gasteiger partial charge in [-0.2, -0.15) is 0 Å². The van der Waals surface area contributed by atoms with E-state index < -0.39 is 23.3 Å². The van der Waals surface area contributed by atoms with Crippen molar-refractivity contribution in [2.24, 2.45) is 5.41 Å². The van der Waals surface area contributed by atoms with E-state index >= 15 is 0 Å². The minimum absolute atomic E-state index is 0.0800. The molecule has 0 aliphatic carbocycles. The van der Waals surface area contributed by atoms with E-state index in [0.29, 0.717) is 13.0 Å². The van der Waals surface area contributed by atoms with Gasteiger partial charge in [-0.15, -0.1) is 0 Å². The summed E-state index contributed by atoms with van der Waals surface area (Å²) < 4.78 is 18.4. The van der Waals surface area contributed by atoms with Gasteiger partial charge in [-0.25, -0.2) is 4.39 Å². The molecule has 1 aromatic rings. The van der Waals surface area contributed by atoms with Crippen molar-refractivity contribution in [3.8, 4) is 5.75 Å². The number of amides is 1. The molecule has 1 heterocycles. The predicted molar refractivity (Wildman–Crippen MR) is 78.4 cm³/mol. The van der Waals surface area contributed by atoms with Crippen LogP contribution in [-0.4, -0.2) is 41.1 Å². The van der Waals surface area contributed by atoms with E-state index in [9.17, 15) is 19.1 Å². The second-order valence-electron chi connectivity index (χ2n) is 5.71. The van der Waals surface area contributed by atoms with Crippen molar-refractivity contribution < 1.29 is 23.8 Å². The van der Waals surface area contributed by atoms with E-state index in [1.807, 2.05) is 0 Å². The quantitative estimate of drug-likeness (QED) is 0.922. The third-order valence-electron chi connectivity index (χ3n) is 3.85. The molecule has 7 heteroatoms. The monoisotopic (exact) mass is 329 g/mol. The highest BCUT2D eigenvalue weighted by Gasteiger charge is 2.43. The summed E-state index contributed by atoms with van der Waals surface area (Å²) in [5.41, 5.74) is -0.928. The van der Waals surface area contributed by atoms with E-state index in [2.05, 4.69) is 0 Å². The molecule has 120 valence electrons. The topological polar surface area (TPSA) is 66.8 Å². The number of carbonyl (C=O) groups excluding carboxylic acids is 1. The summed E-state index contributed by atoms with van der Waals surface area (Å²) >= 11 is 5.86. The van der Waals surface area contributed by atoms with Gasteiger partial charge >= 0.3 is 5.97 Å². The first-order valence-corrected chi connectivity index (χ1v) is 7.24. The highest BCUT2D eigenvalue weighted by Crippen LogP contribution is 2.31. The number of nitrogens with zero attached hydrogens (tertiary/aromatic N) is 1. The van der Waals surface area contributed by atoms with Gasteiger partial charge in [0.2, 0.25) is 0 Å². The van der Waals surface area contributed by atoms with Crippen molar-refractivity contribution in [3.63, 3.8) is 0 Å². The van der Waals surface area contributed by atoms with E-state index in [0.717, 1.165) is 6.07 Å². The lowest BCUT2D eigenvalue weighted by molar-refractivity contribution is -0.147. The van der Waals surface area contributed by atoms with Gasteiger partial charge in [0.05, 0.1) is 10.4 Å². The average Bonchev–Trinajstić information content (AvgIpc) is 2.85. The van der Waals surface area contributed by atoms with Crippen LogP contribution >= 0.6 is 11.6 Å². The fourth-order valence-electron chi connectivity index (χ4n) is 2.39. The SMILES string of the molecule is C[C@H](Oc1ccc(F)cc1Cl)C(=O)N1CC[C@](C)(C(=O)O)C1. The Balaban J connectivity index is 2.03. The number of hydrogen-bond acceptors (Lipinski definition) is 3. The minimum Gasteiger partial charge on any atom is -0.481 e. The van der Waals surface area contributed by atoms with Crippen molar-refractivity contribution in [2.75, 3.05) is 13.1 Å². The van der Waals surface area contributed by atoms with Crippen LogP contribution in [0.5, 0.6) is 5.75 Å². The molecule has 2 atom stereocenters. The second kappa shape index (κ2) is 6.12. The zero-order chi connectivity index (χ0) is 16.5. The Labute approximate surface area is 132 Å². The smallest absolute Gasteiger partial charge is 0.311 e. The van der Waals surface area contributed by atoms with Gasteiger partial charge < -0.3 is 14.7 Å². The van der Waals surface area contributed by atoms with Crippen LogP contribution in [0.4, 0.5) is 4.39 Å². The summed E-state index contributed by atoms with van der Waals surface area (Å²) in [5, 5.41) is 9.27. The van der Waals surface area contributed by atoms with E-state index in [-0.39, 0.29) is 23.2 Å². The Morgan fingerprint density at radius 1 is 1.50 bits per heavy atom. The third-order valence-corrected chi connectivity index (χ3v) is 4.14. The minimum atomic E-state index is -0.928. The summed E-state index contributed by atoms with van der Waals surface area (Å²) in [5.74, 6) is -1.51. The summed E-state index contributed by atoms with van der Waals surface area (Å²) in [6, 6.07) is 3.65. The number of rotatable bonds is 4. The molecule has 0 radical (unpaired) electrons. The number of hydrogen-bond donors (Lipinski definition) is 1. The number of carboxylic acid groups (broad SMARTS) is 1. The summed E-state index contributed by atoms with van der Waals surface area (Å²) in [6.45, 7) is 3.68. The summed E-state index contributed by atoms with van der Waals surface area (Å²) in [7, 11) is 0. The molecule has 1 amide bonds. The largest absolute Gasteiger partial charge is 0.481 e. The molecule has 0 aromatic heterocycles. The Hall–Kier alpha value is -1.82. The van der Waals surface area contributed by atoms with Gasteiger partial charge in [-0.1, -0.05) is 11.6 Å². The van der Waals surface area contributed by atoms with Crippen molar-refractivity contribution in [1.29, 1.82) is 0 Å². The number of carboxylic acids is 1. The number of carbonyl (C=O) groups is 2. The van der Waals surface area contributed by atoms with Crippen LogP contribution in [0.25, 0.3) is 0 Å². The molecule has 1 saturated heterocycles. The van der Waals surface area contributed by atoms with Gasteiger partial charge in [-0.3, -0.25) is 9.59 Å². The molecule has 1 N–H and O–H groups in total. The van der Waals surface area contributed by atoms with Gasteiger partial charge in [-0.05, 0) is 38.5 Å². The molecular formula is C15H17ClFNO4. The maximum absolute atomic E-state index is 13.0. The Bertz CT molecular complexity index is 609. The maximum atomic E-state index is 13.0. The number of ether oxygens (including phenoxy) is 1. The van der Waals surface area contributed by atoms with Crippen LogP contribution in [-0.2, 0) is 9.59 Å². The second-order valence-corrected chi connectivity index (χ2v) is 6.12. The van der Waals surface area contributed by atoms with Gasteiger partial charge in [0, 0.05) is 13.1 Å². The Kier molecular flexibility index (Phi) is 4.60. The molecular weight excluding hydrogens is 313 g/mol. The molecule has 0 unspecified atom stereocenters. The number of halogens is 2. The Morgan fingerprint density at radius 3 is 2.73 bits per heavy atom. The van der Waals surface area contributed by atoms with Crippen LogP contribution < -0.4 is 4.74 Å². The lowest BCUT2D eigenvalue weighted by Gasteiger charge is -2.23. The normalized spacial score (nSPS) is 22.5. The van der Waals surface area contributed by atoms with Crippen LogP contribution in [0, 0.1) is 11.2 Å². The number of benzene rings is 1. The molecule has 1 aliphatic heterocycles. The molecule has 5 nitrogen and oxygen atoms in total. The Morgan fingerprint density at radius 2 is 2.18 bits per heavy atom. The molecule has 22 heavy (non-hydrogen) atoms. The molecule has 0 saturated carbocycles. The van der Waals surface area contributed by atoms with Crippen molar-refractivity contribution >= 4 is 23.5 Å². The van der Waals surface area contributed by atoms with Crippen molar-refractivity contribution in [3.05, 3.63) is 29.0 Å². The predicted octanol–water partition coefficient (Wildman–Crippen LogP) is 2.57. The molecule has 1 fully saturated rings. The number of aliphatic carboxylic acids is 1. The fraction of sp³-hybridized carbons (Fsp3) is 0.467. The summed E-state index contributed by atoms with van der Waals surface area (Å²) in [6.07, 6.45) is -0.433. The molecule has 1 aromatic carbocycles. The van der Waals surface area contributed by atoms with E-state index in [1.165, 1.54) is 17.0 Å². The van der Waals surface area contributed by atoms with Crippen molar-refractivity contribution in [1.82, 2.24) is 4.90 Å². The molecule has 0 bridgehead atoms. The molecule has 1 aliphatic rings. The molecule has 2 rings (SSSR count). The average molecular weight is 330 g/mol. The summed E-state index contributed by atoms with van der Waals surface area (Å²) in [4.78, 5) is 25.0. The first-order valence-electron chi connectivity index (χ1n) is 6.87. The van der Waals surface area contributed by atoms with Gasteiger partial charge in [0.25, 0.3) is 5.91 Å². The highest BCUT2D eigenvalue weighted by molar-refractivity contribution is 6.32. The highest BCUT2D eigenvalue weighted by atomic mass is 35.5. The first-order chi connectivity index (χ1) is 10.2. The van der Waals surface area contributed by atoms with Crippen LogP contribution in [0.1, 0.15) is 20.3 Å². The maximum Gasteiger partial charge on any atom is 0.311 e. The lowest BCUT2D eigenvalue weighted by Crippen LogP contribution is -2.41. The molecule has 0 spiro atoms. The van der Waals surface area contributed by atoms with E-state index in [1.54, 1.807) is 13.8 Å². The van der Waals surface area contributed by atoms with Gasteiger partial charge in [0.15, 0.2) is 6.10 Å². The fourth-order valence-corrected chi connectivity index (χ4v) is 2.60. The lowest BCUT2D eigenvalue weighted by atomic mass is 9.90. The van der Waals surface area contributed by atoms with Gasteiger partial charge in [0.1, 0.15) is 11.6 Å². The standard InChI is InChI=1S/C15H17ClFNO4/c1-9(22-12-4-3-10(17)7-11(12)16)13(19)18-6-5-15(2,8-18)14(20)21/h3-4,7,9H,5-6,8H2,1-2H3,(H,20,21)/t9-,15-/m0/s1. The van der Waals surface area contributed by atoms with Crippen LogP contribution in [0.15, 0.2) is 18.2 Å². The zero-order valence-electron chi connectivity index (χ0n) is 12.3. The van der Waals surface area contributed by atoms with Crippen molar-refractivity contribution in [2.45, 2.75) is 26.4 Å². The number of likely N-dealkylation sites (tertiary alicyclic amines) is 1. The zero-order valence-corrected chi connectivity index (χ0v) is 13.1. The van der Waals surface area contributed by atoms with Crippen LogP contribution in [0.2, 0.25) is 5.02 Å². The van der Waals surface area contributed by atoms with Crippen LogP contribution in [0.3, 0.4) is 0 Å². The first kappa shape index (κ1) is 16.5.